The summed E-state index contributed by atoms with van der Waals surface area (Å²) in [7, 11) is 0. The summed E-state index contributed by atoms with van der Waals surface area (Å²) >= 11 is 5.47. The molecule has 0 aliphatic heterocycles. The predicted octanol–water partition coefficient (Wildman–Crippen LogP) is 1.75. The largest absolute Gasteiger partial charge is 0.381 e. The average Bonchev–Trinajstić information content (AvgIpc) is 2.10. The lowest BCUT2D eigenvalue weighted by Gasteiger charge is -2.00. The van der Waals surface area contributed by atoms with Crippen molar-refractivity contribution in [2.75, 3.05) is 25.6 Å². The van der Waals surface area contributed by atoms with Crippen LogP contribution in [0.2, 0.25) is 0 Å². The Bertz CT molecular complexity index is 135. The zero-order chi connectivity index (χ0) is 9.07. The van der Waals surface area contributed by atoms with Crippen LogP contribution in [0, 0.1) is 0 Å². The molecule has 0 heterocycles. The van der Waals surface area contributed by atoms with E-state index in [0.29, 0.717) is 19.0 Å². The van der Waals surface area contributed by atoms with Crippen LogP contribution < -0.4 is 0 Å². The fourth-order valence-electron chi connectivity index (χ4n) is 0.692. The van der Waals surface area contributed by atoms with Gasteiger partial charge in [-0.15, -0.1) is 11.6 Å². The van der Waals surface area contributed by atoms with Gasteiger partial charge in [-0.3, -0.25) is 0 Å². The number of ether oxygens (including phenoxy) is 1. The molecule has 0 aromatic rings. The molecule has 0 aromatic carbocycles. The standard InChI is InChI=1S/C8H14ClNO2/c9-4-1-2-6-12-7-3-5-10-8-11/h1-7H2. The Labute approximate surface area is 77.8 Å². The summed E-state index contributed by atoms with van der Waals surface area (Å²) in [5.74, 6) is 0.693. The lowest BCUT2D eigenvalue weighted by molar-refractivity contribution is 0.130. The third kappa shape index (κ3) is 9.63. The summed E-state index contributed by atoms with van der Waals surface area (Å²) in [5, 5.41) is 0. The number of carbonyl (C=O) groups excluding carboxylic acids is 1. The molecular formula is C8H14ClNO2. The Morgan fingerprint density at radius 1 is 1.25 bits per heavy atom. The first-order chi connectivity index (χ1) is 5.91. The van der Waals surface area contributed by atoms with Gasteiger partial charge < -0.3 is 4.74 Å². The first kappa shape index (κ1) is 11.6. The van der Waals surface area contributed by atoms with Crippen LogP contribution in [-0.2, 0) is 9.53 Å². The van der Waals surface area contributed by atoms with E-state index in [1.165, 1.54) is 6.08 Å². The number of unbranched alkanes of at least 4 members (excludes halogenated alkanes) is 1. The molecule has 0 aromatic heterocycles. The van der Waals surface area contributed by atoms with Gasteiger partial charge in [0.05, 0.1) is 6.54 Å². The zero-order valence-electron chi connectivity index (χ0n) is 7.09. The Kier molecular flexibility index (Phi) is 10.3. The SMILES string of the molecule is O=C=NCCCOCCCCCl. The number of rotatable bonds is 8. The lowest BCUT2D eigenvalue weighted by Crippen LogP contribution is -1.98. The Morgan fingerprint density at radius 2 is 2.00 bits per heavy atom. The van der Waals surface area contributed by atoms with Gasteiger partial charge in [0.15, 0.2) is 0 Å². The summed E-state index contributed by atoms with van der Waals surface area (Å²) < 4.78 is 5.23. The first-order valence-electron chi connectivity index (χ1n) is 4.09. The number of hydrogen-bond donors (Lipinski definition) is 0. The van der Waals surface area contributed by atoms with Gasteiger partial charge in [0.25, 0.3) is 0 Å². The molecule has 0 fully saturated rings. The van der Waals surface area contributed by atoms with E-state index >= 15 is 0 Å². The number of hydrogen-bond acceptors (Lipinski definition) is 3. The van der Waals surface area contributed by atoms with E-state index < -0.39 is 0 Å². The number of alkyl halides is 1. The Hall–Kier alpha value is -0.370. The molecule has 0 radical (unpaired) electrons. The van der Waals surface area contributed by atoms with Crippen molar-refractivity contribution in [3.8, 4) is 0 Å². The summed E-state index contributed by atoms with van der Waals surface area (Å²) in [5.41, 5.74) is 0. The third-order valence-corrected chi connectivity index (χ3v) is 1.56. The molecule has 0 spiro atoms. The van der Waals surface area contributed by atoms with Crippen LogP contribution in [0.3, 0.4) is 0 Å². The number of aliphatic imine (C=N–C) groups is 1. The van der Waals surface area contributed by atoms with Crippen molar-refractivity contribution in [2.24, 2.45) is 4.99 Å². The molecule has 0 amide bonds. The Morgan fingerprint density at radius 3 is 2.67 bits per heavy atom. The predicted molar refractivity (Wildman–Crippen MR) is 48.4 cm³/mol. The zero-order valence-corrected chi connectivity index (χ0v) is 7.85. The number of nitrogens with zero attached hydrogens (tertiary/aromatic N) is 1. The van der Waals surface area contributed by atoms with Crippen LogP contribution in [0.15, 0.2) is 4.99 Å². The van der Waals surface area contributed by atoms with Crippen LogP contribution >= 0.6 is 11.6 Å². The highest BCUT2D eigenvalue weighted by atomic mass is 35.5. The van der Waals surface area contributed by atoms with E-state index in [1.54, 1.807) is 0 Å². The fourth-order valence-corrected chi connectivity index (χ4v) is 0.881. The second kappa shape index (κ2) is 10.6. The van der Waals surface area contributed by atoms with Gasteiger partial charge in [0, 0.05) is 19.1 Å². The number of halogens is 1. The van der Waals surface area contributed by atoms with Gasteiger partial charge >= 0.3 is 0 Å². The van der Waals surface area contributed by atoms with Crippen molar-refractivity contribution in [2.45, 2.75) is 19.3 Å². The second-order valence-corrected chi connectivity index (χ2v) is 2.71. The van der Waals surface area contributed by atoms with E-state index in [9.17, 15) is 4.79 Å². The molecule has 0 unspecified atom stereocenters. The van der Waals surface area contributed by atoms with Crippen molar-refractivity contribution in [3.05, 3.63) is 0 Å². The molecule has 0 saturated heterocycles. The van der Waals surface area contributed by atoms with E-state index in [-0.39, 0.29) is 0 Å². The van der Waals surface area contributed by atoms with Gasteiger partial charge in [-0.05, 0) is 19.3 Å². The van der Waals surface area contributed by atoms with Gasteiger partial charge in [-0.2, -0.15) is 0 Å². The molecule has 0 aliphatic rings. The van der Waals surface area contributed by atoms with E-state index in [1.807, 2.05) is 0 Å². The lowest BCUT2D eigenvalue weighted by atomic mass is 10.3. The molecule has 0 rings (SSSR count). The summed E-state index contributed by atoms with van der Waals surface area (Å²) in [4.78, 5) is 13.0. The minimum absolute atomic E-state index is 0.513. The topological polar surface area (TPSA) is 38.7 Å². The highest BCUT2D eigenvalue weighted by Crippen LogP contribution is 1.93. The van der Waals surface area contributed by atoms with Gasteiger partial charge in [0.2, 0.25) is 6.08 Å². The Balaban J connectivity index is 2.86. The fraction of sp³-hybridized carbons (Fsp3) is 0.875. The van der Waals surface area contributed by atoms with Crippen molar-refractivity contribution in [1.29, 1.82) is 0 Å². The maximum atomic E-state index is 9.63. The molecule has 12 heavy (non-hydrogen) atoms. The van der Waals surface area contributed by atoms with E-state index in [4.69, 9.17) is 16.3 Å². The smallest absolute Gasteiger partial charge is 0.234 e. The molecule has 0 saturated carbocycles. The molecule has 0 bridgehead atoms. The summed E-state index contributed by atoms with van der Waals surface area (Å²) in [6.45, 7) is 1.92. The normalized spacial score (nSPS) is 9.42. The maximum Gasteiger partial charge on any atom is 0.234 e. The van der Waals surface area contributed by atoms with Crippen LogP contribution in [0.1, 0.15) is 19.3 Å². The third-order valence-electron chi connectivity index (χ3n) is 1.30. The molecule has 70 valence electrons. The minimum Gasteiger partial charge on any atom is -0.381 e. The van der Waals surface area contributed by atoms with E-state index in [2.05, 4.69) is 4.99 Å². The minimum atomic E-state index is 0.513. The molecule has 0 N–H and O–H groups in total. The van der Waals surface area contributed by atoms with Crippen LogP contribution in [0.5, 0.6) is 0 Å². The highest BCUT2D eigenvalue weighted by Gasteiger charge is 1.88. The van der Waals surface area contributed by atoms with Crippen LogP contribution in [-0.4, -0.2) is 31.7 Å². The highest BCUT2D eigenvalue weighted by molar-refractivity contribution is 6.17. The van der Waals surface area contributed by atoms with E-state index in [0.717, 1.165) is 25.9 Å². The van der Waals surface area contributed by atoms with Gasteiger partial charge in [0.1, 0.15) is 0 Å². The molecular weight excluding hydrogens is 178 g/mol. The van der Waals surface area contributed by atoms with Crippen LogP contribution in [0.25, 0.3) is 0 Å². The monoisotopic (exact) mass is 191 g/mol. The second-order valence-electron chi connectivity index (χ2n) is 2.34. The van der Waals surface area contributed by atoms with Crippen molar-refractivity contribution < 1.29 is 9.53 Å². The van der Waals surface area contributed by atoms with Crippen molar-refractivity contribution in [1.82, 2.24) is 0 Å². The summed E-state index contributed by atoms with van der Waals surface area (Å²) in [6.07, 6.45) is 4.26. The van der Waals surface area contributed by atoms with Gasteiger partial charge in [-0.1, -0.05) is 0 Å². The van der Waals surface area contributed by atoms with Crippen molar-refractivity contribution in [3.63, 3.8) is 0 Å². The maximum absolute atomic E-state index is 9.63. The number of isocyanates is 1. The van der Waals surface area contributed by atoms with Gasteiger partial charge in [-0.25, -0.2) is 9.79 Å². The first-order valence-corrected chi connectivity index (χ1v) is 4.62. The molecule has 4 heteroatoms. The summed E-state index contributed by atoms with van der Waals surface area (Å²) in [6, 6.07) is 0. The van der Waals surface area contributed by atoms with Crippen molar-refractivity contribution >= 4 is 17.7 Å². The van der Waals surface area contributed by atoms with Crippen LogP contribution in [0.4, 0.5) is 0 Å². The molecule has 0 aliphatic carbocycles. The molecule has 3 nitrogen and oxygen atoms in total. The molecule has 0 atom stereocenters. The average molecular weight is 192 g/mol. The quantitative estimate of drug-likeness (QED) is 0.254.